The highest BCUT2D eigenvalue weighted by Crippen LogP contribution is 2.26. The molecule has 0 aliphatic heterocycles. The van der Waals surface area contributed by atoms with Gasteiger partial charge in [0, 0.05) is 13.6 Å². The number of fused-ring (bicyclic) bond motifs is 1. The summed E-state index contributed by atoms with van der Waals surface area (Å²) in [7, 11) is 1.78. The van der Waals surface area contributed by atoms with Gasteiger partial charge in [-0.15, -0.1) is 0 Å². The lowest BCUT2D eigenvalue weighted by Gasteiger charge is -2.24. The molecular weight excluding hydrogens is 468 g/mol. The van der Waals surface area contributed by atoms with Crippen molar-refractivity contribution >= 4 is 40.2 Å². The van der Waals surface area contributed by atoms with Gasteiger partial charge in [-0.05, 0) is 12.0 Å². The van der Waals surface area contributed by atoms with Crippen LogP contribution in [0.25, 0.3) is 11.0 Å². The minimum atomic E-state index is -0.703. The Bertz CT molecular complexity index is 1460. The molecule has 0 spiro atoms. The van der Waals surface area contributed by atoms with E-state index in [0.717, 1.165) is 17.4 Å². The van der Waals surface area contributed by atoms with E-state index in [1.54, 1.807) is 17.9 Å². The molecule has 0 radical (unpaired) electrons. The zero-order valence-electron chi connectivity index (χ0n) is 19.5. The molecule has 0 saturated heterocycles. The molecule has 0 atom stereocenters. The van der Waals surface area contributed by atoms with Gasteiger partial charge in [0.2, 0.25) is 5.91 Å². The Morgan fingerprint density at radius 1 is 1.20 bits per heavy atom. The molecule has 0 fully saturated rings. The van der Waals surface area contributed by atoms with E-state index < -0.39 is 11.2 Å². The maximum Gasteiger partial charge on any atom is 0.330 e. The topological polar surface area (TPSA) is 145 Å². The van der Waals surface area contributed by atoms with E-state index in [1.807, 2.05) is 37.3 Å². The van der Waals surface area contributed by atoms with Crippen LogP contribution in [0, 0.1) is 0 Å². The van der Waals surface area contributed by atoms with Crippen LogP contribution >= 0.6 is 11.8 Å². The fraction of sp³-hybridized carbons (Fsp3) is 0.304. The average molecular weight is 495 g/mol. The zero-order valence-corrected chi connectivity index (χ0v) is 20.3. The van der Waals surface area contributed by atoms with Crippen LogP contribution in [0.5, 0.6) is 0 Å². The zero-order chi connectivity index (χ0) is 24.9. The molecule has 0 bridgehead atoms. The van der Waals surface area contributed by atoms with Crippen LogP contribution in [0.3, 0.4) is 0 Å². The highest BCUT2D eigenvalue weighted by atomic mass is 32.2. The van der Waals surface area contributed by atoms with Gasteiger partial charge in [-0.1, -0.05) is 55.4 Å². The number of hydrogen-bond donors (Lipinski definition) is 2. The number of anilines is 2. The fourth-order valence-corrected chi connectivity index (χ4v) is 4.54. The Morgan fingerprint density at radius 3 is 2.71 bits per heavy atom. The second-order valence-electron chi connectivity index (χ2n) is 7.94. The van der Waals surface area contributed by atoms with Gasteiger partial charge in [0.1, 0.15) is 17.2 Å². The van der Waals surface area contributed by atoms with E-state index in [-0.39, 0.29) is 29.7 Å². The summed E-state index contributed by atoms with van der Waals surface area (Å²) in [5.41, 5.74) is 6.45. The van der Waals surface area contributed by atoms with Crippen LogP contribution in [0.15, 0.2) is 57.5 Å². The number of aryl methyl sites for hydroxylation is 1. The smallest absolute Gasteiger partial charge is 0.330 e. The molecular formula is C23H26N8O3S. The number of aromatic amines is 1. The molecule has 0 aliphatic carbocycles. The molecule has 12 heteroatoms. The minimum absolute atomic E-state index is 0.0131. The van der Waals surface area contributed by atoms with Gasteiger partial charge in [-0.3, -0.25) is 28.7 Å². The highest BCUT2D eigenvalue weighted by molar-refractivity contribution is 8.00. The number of nitrogens with zero attached hydrogens (tertiary/aromatic N) is 6. The van der Waals surface area contributed by atoms with Crippen LogP contribution < -0.4 is 21.9 Å². The number of carbonyl (C=O) groups excluding carboxylic acids is 1. The SMILES string of the molecule is CCCCn1c(N)c(N(Cc2ccccc2)C(=O)CSc2ncnc3c2cnn3C)c(=O)[nH]c1=O. The van der Waals surface area contributed by atoms with Gasteiger partial charge in [0.15, 0.2) is 11.3 Å². The Balaban J connectivity index is 1.70. The molecule has 4 aromatic rings. The van der Waals surface area contributed by atoms with Crippen molar-refractivity contribution in [2.75, 3.05) is 16.4 Å². The Morgan fingerprint density at radius 2 is 1.97 bits per heavy atom. The summed E-state index contributed by atoms with van der Waals surface area (Å²) < 4.78 is 2.94. The second kappa shape index (κ2) is 10.6. The lowest BCUT2D eigenvalue weighted by molar-refractivity contribution is -0.116. The van der Waals surface area contributed by atoms with Gasteiger partial charge in [-0.2, -0.15) is 5.10 Å². The van der Waals surface area contributed by atoms with Crippen molar-refractivity contribution < 1.29 is 4.79 Å². The third-order valence-electron chi connectivity index (χ3n) is 5.53. The molecule has 1 amide bonds. The molecule has 1 aromatic carbocycles. The largest absolute Gasteiger partial charge is 0.383 e. The van der Waals surface area contributed by atoms with E-state index in [2.05, 4.69) is 20.1 Å². The summed E-state index contributed by atoms with van der Waals surface area (Å²) in [5.74, 6) is -0.397. The van der Waals surface area contributed by atoms with Crippen molar-refractivity contribution in [3.8, 4) is 0 Å². The number of unbranched alkanes of at least 4 members (excludes halogenated alkanes) is 1. The van der Waals surface area contributed by atoms with E-state index in [1.165, 1.54) is 27.6 Å². The molecule has 0 aliphatic rings. The van der Waals surface area contributed by atoms with Crippen LogP contribution in [0.2, 0.25) is 0 Å². The molecule has 35 heavy (non-hydrogen) atoms. The van der Waals surface area contributed by atoms with Gasteiger partial charge in [0.05, 0.1) is 23.9 Å². The third kappa shape index (κ3) is 5.11. The number of thioether (sulfide) groups is 1. The number of aromatic nitrogens is 6. The van der Waals surface area contributed by atoms with E-state index in [4.69, 9.17) is 5.73 Å². The summed E-state index contributed by atoms with van der Waals surface area (Å²) in [4.78, 5) is 51.0. The van der Waals surface area contributed by atoms with Crippen LogP contribution in [0.1, 0.15) is 25.3 Å². The molecule has 3 N–H and O–H groups in total. The van der Waals surface area contributed by atoms with Crippen molar-refractivity contribution in [2.24, 2.45) is 7.05 Å². The maximum atomic E-state index is 13.5. The van der Waals surface area contributed by atoms with Gasteiger partial charge in [-0.25, -0.2) is 14.8 Å². The molecule has 4 rings (SSSR count). The summed E-state index contributed by atoms with van der Waals surface area (Å²) in [6.07, 6.45) is 4.61. The first-order valence-electron chi connectivity index (χ1n) is 11.1. The number of nitrogens with one attached hydrogen (secondary N) is 1. The van der Waals surface area contributed by atoms with Gasteiger partial charge < -0.3 is 5.73 Å². The van der Waals surface area contributed by atoms with Crippen molar-refractivity contribution in [3.63, 3.8) is 0 Å². The second-order valence-corrected chi connectivity index (χ2v) is 8.90. The first-order valence-corrected chi connectivity index (χ1v) is 12.1. The Labute approximate surface area is 205 Å². The molecule has 11 nitrogen and oxygen atoms in total. The summed E-state index contributed by atoms with van der Waals surface area (Å²) in [6, 6.07) is 9.28. The van der Waals surface area contributed by atoms with Crippen molar-refractivity contribution in [1.82, 2.24) is 29.3 Å². The van der Waals surface area contributed by atoms with Gasteiger partial charge in [0.25, 0.3) is 5.56 Å². The van der Waals surface area contributed by atoms with Crippen LogP contribution in [0.4, 0.5) is 11.5 Å². The van der Waals surface area contributed by atoms with Crippen LogP contribution in [-0.2, 0) is 24.9 Å². The normalized spacial score (nSPS) is 11.1. The lowest BCUT2D eigenvalue weighted by Crippen LogP contribution is -2.41. The summed E-state index contributed by atoms with van der Waals surface area (Å²) in [6.45, 7) is 2.45. The number of hydrogen-bond acceptors (Lipinski definition) is 8. The van der Waals surface area contributed by atoms with Gasteiger partial charge >= 0.3 is 5.69 Å². The van der Waals surface area contributed by atoms with Crippen LogP contribution in [-0.4, -0.2) is 41.0 Å². The highest BCUT2D eigenvalue weighted by Gasteiger charge is 2.25. The van der Waals surface area contributed by atoms with E-state index in [0.29, 0.717) is 23.6 Å². The van der Waals surface area contributed by atoms with Crippen molar-refractivity contribution in [2.45, 2.75) is 37.9 Å². The first kappa shape index (κ1) is 24.2. The number of nitrogens with two attached hydrogens (primary N) is 1. The molecule has 0 unspecified atom stereocenters. The Kier molecular flexibility index (Phi) is 7.30. The number of amides is 1. The Hall–Kier alpha value is -3.93. The first-order chi connectivity index (χ1) is 16.9. The minimum Gasteiger partial charge on any atom is -0.383 e. The summed E-state index contributed by atoms with van der Waals surface area (Å²) in [5, 5.41) is 5.53. The van der Waals surface area contributed by atoms with Crippen molar-refractivity contribution in [1.29, 1.82) is 0 Å². The van der Waals surface area contributed by atoms with E-state index in [9.17, 15) is 14.4 Å². The maximum absolute atomic E-state index is 13.5. The number of H-pyrrole nitrogens is 1. The molecule has 3 aromatic heterocycles. The predicted molar refractivity (Wildman–Crippen MR) is 135 cm³/mol. The van der Waals surface area contributed by atoms with E-state index >= 15 is 0 Å². The number of nitrogen functional groups attached to an aromatic ring is 1. The predicted octanol–water partition coefficient (Wildman–Crippen LogP) is 1.92. The fourth-order valence-electron chi connectivity index (χ4n) is 3.70. The number of benzene rings is 1. The summed E-state index contributed by atoms with van der Waals surface area (Å²) >= 11 is 1.22. The van der Waals surface area contributed by atoms with Crippen molar-refractivity contribution in [3.05, 3.63) is 69.3 Å². The molecule has 3 heterocycles. The molecule has 182 valence electrons. The number of carbonyl (C=O) groups is 1. The quantitative estimate of drug-likeness (QED) is 0.265. The monoisotopic (exact) mass is 494 g/mol. The standard InChI is InChI=1S/C23H26N8O3S/c1-3-4-10-30-19(24)18(21(33)28-23(30)34)31(12-15-8-6-5-7-9-15)17(32)13-35-22-16-11-27-29(2)20(16)25-14-26-22/h5-9,11,14H,3-4,10,12-13,24H2,1-2H3,(H,28,33,34). The molecule has 0 saturated carbocycles. The average Bonchev–Trinajstić information content (AvgIpc) is 3.23. The lowest BCUT2D eigenvalue weighted by atomic mass is 10.2. The third-order valence-corrected chi connectivity index (χ3v) is 6.52. The number of rotatable bonds is 9.